The summed E-state index contributed by atoms with van der Waals surface area (Å²) in [5, 5.41) is 21.2. The van der Waals surface area contributed by atoms with Gasteiger partial charge in [0, 0.05) is 19.1 Å². The first kappa shape index (κ1) is 22.7. The number of aliphatic hydroxyl groups excluding tert-OH is 1. The highest BCUT2D eigenvalue weighted by molar-refractivity contribution is 6.32. The maximum Gasteiger partial charge on any atom is 0.134 e. The largest absolute Gasteiger partial charge is 0.506 e. The second-order valence-corrected chi connectivity index (χ2v) is 8.92. The fourth-order valence-electron chi connectivity index (χ4n) is 4.46. The summed E-state index contributed by atoms with van der Waals surface area (Å²) in [4.78, 5) is 2.37. The molecule has 0 bridgehead atoms. The van der Waals surface area contributed by atoms with Gasteiger partial charge in [0.25, 0.3) is 0 Å². The Morgan fingerprint density at radius 2 is 1.72 bits per heavy atom. The van der Waals surface area contributed by atoms with E-state index in [4.69, 9.17) is 16.3 Å². The number of aryl methyl sites for hydroxylation is 1. The lowest BCUT2D eigenvalue weighted by Crippen LogP contribution is -2.42. The molecule has 3 aromatic rings. The molecule has 0 heterocycles. The van der Waals surface area contributed by atoms with E-state index in [1.165, 1.54) is 16.7 Å². The molecule has 1 unspecified atom stereocenters. The van der Waals surface area contributed by atoms with Crippen molar-refractivity contribution in [2.45, 2.75) is 44.4 Å². The normalized spacial score (nSPS) is 16.9. The molecule has 168 valence electrons. The molecule has 1 aliphatic rings. The van der Waals surface area contributed by atoms with Gasteiger partial charge in [-0.2, -0.15) is 0 Å². The van der Waals surface area contributed by atoms with Crippen molar-refractivity contribution >= 4 is 11.6 Å². The van der Waals surface area contributed by atoms with E-state index in [2.05, 4.69) is 17.0 Å². The number of ether oxygens (including phenoxy) is 1. The quantitative estimate of drug-likeness (QED) is 0.460. The number of halogens is 1. The first-order valence-electron chi connectivity index (χ1n) is 11.2. The molecule has 3 aromatic carbocycles. The Labute approximate surface area is 195 Å². The standard InChI is InChI=1S/C27H30ClNO3/c28-26-15-22-14-23(11-7-10-21(22)16-27(26)31)29(17-20-8-3-1-4-9-20)18-24(30)19-32-25-12-5-2-6-13-25/h1-6,8-9,12-13,15-16,23-24,30-31H,7,10-11,14,17-19H2/t23?,24-/m0/s1. The van der Waals surface area contributed by atoms with Crippen molar-refractivity contribution in [1.29, 1.82) is 0 Å². The number of phenolic OH excluding ortho intramolecular Hbond substituents is 1. The minimum Gasteiger partial charge on any atom is -0.506 e. The molecule has 0 saturated carbocycles. The third-order valence-corrected chi connectivity index (χ3v) is 6.39. The summed E-state index contributed by atoms with van der Waals surface area (Å²) in [6.45, 7) is 1.53. The van der Waals surface area contributed by atoms with Gasteiger partial charge in [0.1, 0.15) is 24.2 Å². The van der Waals surface area contributed by atoms with Gasteiger partial charge in [-0.1, -0.05) is 60.1 Å². The number of hydrogen-bond donors (Lipinski definition) is 2. The predicted molar refractivity (Wildman–Crippen MR) is 128 cm³/mol. The van der Waals surface area contributed by atoms with Crippen molar-refractivity contribution < 1.29 is 14.9 Å². The summed E-state index contributed by atoms with van der Waals surface area (Å²) in [6.07, 6.45) is 3.21. The van der Waals surface area contributed by atoms with E-state index in [9.17, 15) is 10.2 Å². The second kappa shape index (κ2) is 10.9. The van der Waals surface area contributed by atoms with Crippen molar-refractivity contribution in [2.75, 3.05) is 13.2 Å². The molecule has 0 amide bonds. The maximum atomic E-state index is 10.8. The van der Waals surface area contributed by atoms with Gasteiger partial charge in [0.2, 0.25) is 0 Å². The van der Waals surface area contributed by atoms with Gasteiger partial charge in [-0.05, 0) is 66.6 Å². The van der Waals surface area contributed by atoms with Crippen LogP contribution in [0, 0.1) is 0 Å². The zero-order valence-electron chi connectivity index (χ0n) is 18.2. The lowest BCUT2D eigenvalue weighted by molar-refractivity contribution is 0.0463. The van der Waals surface area contributed by atoms with Gasteiger partial charge in [-0.3, -0.25) is 4.90 Å². The molecule has 0 saturated heterocycles. The van der Waals surface area contributed by atoms with Crippen molar-refractivity contribution in [3.8, 4) is 11.5 Å². The van der Waals surface area contributed by atoms with Crippen molar-refractivity contribution in [3.63, 3.8) is 0 Å². The van der Waals surface area contributed by atoms with Gasteiger partial charge in [0.15, 0.2) is 0 Å². The van der Waals surface area contributed by atoms with Gasteiger partial charge < -0.3 is 14.9 Å². The minimum atomic E-state index is -0.606. The summed E-state index contributed by atoms with van der Waals surface area (Å²) in [5.41, 5.74) is 3.57. The summed E-state index contributed by atoms with van der Waals surface area (Å²) < 4.78 is 5.79. The molecule has 2 atom stereocenters. The monoisotopic (exact) mass is 451 g/mol. The number of aromatic hydroxyl groups is 1. The zero-order chi connectivity index (χ0) is 22.3. The van der Waals surface area contributed by atoms with Crippen molar-refractivity contribution in [2.24, 2.45) is 0 Å². The van der Waals surface area contributed by atoms with Crippen molar-refractivity contribution in [3.05, 3.63) is 94.5 Å². The van der Waals surface area contributed by atoms with E-state index in [0.29, 0.717) is 11.6 Å². The number of hydrogen-bond acceptors (Lipinski definition) is 4. The van der Waals surface area contributed by atoms with Crippen LogP contribution in [0.25, 0.3) is 0 Å². The van der Waals surface area contributed by atoms with Crippen LogP contribution in [0.15, 0.2) is 72.8 Å². The molecule has 32 heavy (non-hydrogen) atoms. The average Bonchev–Trinajstić information content (AvgIpc) is 3.01. The number of rotatable bonds is 8. The third-order valence-electron chi connectivity index (χ3n) is 6.08. The fourth-order valence-corrected chi connectivity index (χ4v) is 4.64. The van der Waals surface area contributed by atoms with Crippen LogP contribution in [0.4, 0.5) is 0 Å². The van der Waals surface area contributed by atoms with Crippen LogP contribution < -0.4 is 4.74 Å². The molecule has 0 aliphatic heterocycles. The van der Waals surface area contributed by atoms with Crippen molar-refractivity contribution in [1.82, 2.24) is 4.90 Å². The summed E-state index contributed by atoms with van der Waals surface area (Å²) in [5.74, 6) is 0.914. The number of phenols is 1. The minimum absolute atomic E-state index is 0.151. The van der Waals surface area contributed by atoms with Crippen LogP contribution in [-0.2, 0) is 19.4 Å². The first-order chi connectivity index (χ1) is 15.6. The Kier molecular flexibility index (Phi) is 7.69. The smallest absolute Gasteiger partial charge is 0.134 e. The van der Waals surface area contributed by atoms with E-state index >= 15 is 0 Å². The topological polar surface area (TPSA) is 52.9 Å². The van der Waals surface area contributed by atoms with E-state index in [-0.39, 0.29) is 18.4 Å². The SMILES string of the molecule is Oc1cc2c(cc1Cl)CC(N(Cc1ccccc1)C[C@H](O)COc1ccccc1)CCC2. The van der Waals surface area contributed by atoms with Crippen LogP contribution in [0.2, 0.25) is 5.02 Å². The van der Waals surface area contributed by atoms with Crippen LogP contribution in [0.3, 0.4) is 0 Å². The number of benzene rings is 3. The number of nitrogens with zero attached hydrogens (tertiary/aromatic N) is 1. The Morgan fingerprint density at radius 1 is 1.00 bits per heavy atom. The molecule has 4 rings (SSSR count). The predicted octanol–water partition coefficient (Wildman–Crippen LogP) is 5.24. The highest BCUT2D eigenvalue weighted by atomic mass is 35.5. The molecular formula is C27H30ClNO3. The Morgan fingerprint density at radius 3 is 2.47 bits per heavy atom. The lowest BCUT2D eigenvalue weighted by atomic mass is 10.00. The van der Waals surface area contributed by atoms with E-state index < -0.39 is 6.10 Å². The number of para-hydroxylation sites is 1. The second-order valence-electron chi connectivity index (χ2n) is 8.52. The molecule has 0 aromatic heterocycles. The molecule has 0 spiro atoms. The molecule has 4 nitrogen and oxygen atoms in total. The zero-order valence-corrected chi connectivity index (χ0v) is 18.9. The highest BCUT2D eigenvalue weighted by Crippen LogP contribution is 2.32. The molecule has 1 aliphatic carbocycles. The van der Waals surface area contributed by atoms with E-state index in [0.717, 1.165) is 38.0 Å². The Balaban J connectivity index is 1.49. The van der Waals surface area contributed by atoms with Gasteiger partial charge in [-0.25, -0.2) is 0 Å². The number of fused-ring (bicyclic) bond motifs is 1. The first-order valence-corrected chi connectivity index (χ1v) is 11.6. The van der Waals surface area contributed by atoms with Crippen LogP contribution >= 0.6 is 11.6 Å². The van der Waals surface area contributed by atoms with E-state index in [1.807, 2.05) is 60.7 Å². The summed E-state index contributed by atoms with van der Waals surface area (Å²) >= 11 is 6.22. The summed E-state index contributed by atoms with van der Waals surface area (Å²) in [6, 6.07) is 23.9. The van der Waals surface area contributed by atoms with Gasteiger partial charge >= 0.3 is 0 Å². The van der Waals surface area contributed by atoms with Gasteiger partial charge in [-0.15, -0.1) is 0 Å². The van der Waals surface area contributed by atoms with E-state index in [1.54, 1.807) is 0 Å². The molecular weight excluding hydrogens is 422 g/mol. The Hall–Kier alpha value is -2.53. The fraction of sp³-hybridized carbons (Fsp3) is 0.333. The third kappa shape index (κ3) is 6.04. The summed E-state index contributed by atoms with van der Waals surface area (Å²) in [7, 11) is 0. The Bertz CT molecular complexity index is 997. The van der Waals surface area contributed by atoms with Gasteiger partial charge in [0.05, 0.1) is 5.02 Å². The average molecular weight is 452 g/mol. The number of aliphatic hydroxyl groups is 1. The van der Waals surface area contributed by atoms with Crippen LogP contribution in [0.5, 0.6) is 11.5 Å². The molecule has 0 radical (unpaired) electrons. The molecule has 2 N–H and O–H groups in total. The maximum absolute atomic E-state index is 10.8. The van der Waals surface area contributed by atoms with Crippen LogP contribution in [-0.4, -0.2) is 40.4 Å². The lowest BCUT2D eigenvalue weighted by Gasteiger charge is -2.33. The molecule has 5 heteroatoms. The highest BCUT2D eigenvalue weighted by Gasteiger charge is 2.26. The van der Waals surface area contributed by atoms with Crippen LogP contribution in [0.1, 0.15) is 29.5 Å². The molecule has 0 fully saturated rings.